The Morgan fingerprint density at radius 1 is 1.09 bits per heavy atom. The number of carbonyl (C=O) groups is 1. The van der Waals surface area contributed by atoms with Gasteiger partial charge in [-0.1, -0.05) is 44.2 Å². The summed E-state index contributed by atoms with van der Waals surface area (Å²) in [4.78, 5) is 16.8. The number of rotatable bonds is 10. The molecule has 1 N–H and O–H groups in total. The number of carbonyl (C=O) groups excluding carboxylic acids is 1. The maximum absolute atomic E-state index is 12.2. The van der Waals surface area contributed by atoms with E-state index in [9.17, 15) is 4.79 Å². The van der Waals surface area contributed by atoms with Crippen LogP contribution in [0.25, 0.3) is 11.5 Å². The van der Waals surface area contributed by atoms with Crippen molar-refractivity contribution < 1.29 is 18.7 Å². The minimum atomic E-state index is -0.374. The highest BCUT2D eigenvalue weighted by atomic mass is 35.5. The molecule has 1 heterocycles. The van der Waals surface area contributed by atoms with Gasteiger partial charge in [-0.05, 0) is 50.1 Å². The van der Waals surface area contributed by atoms with Gasteiger partial charge in [-0.25, -0.2) is 4.98 Å². The molecular weight excluding hydrogens is 428 g/mol. The molecule has 3 aromatic rings. The Balaban J connectivity index is 0.00000363. The Morgan fingerprint density at radius 2 is 1.78 bits per heavy atom. The number of aryl methyl sites for hydroxylation is 1. The van der Waals surface area contributed by atoms with Crippen LogP contribution in [-0.4, -0.2) is 29.6 Å². The number of nitrogens with one attached hydrogen (secondary N) is 1. The van der Waals surface area contributed by atoms with Crippen LogP contribution in [0.15, 0.2) is 59.0 Å². The van der Waals surface area contributed by atoms with Gasteiger partial charge in [0.25, 0.3) is 0 Å². The molecule has 0 amide bonds. The monoisotopic (exact) mass is 458 g/mol. The van der Waals surface area contributed by atoms with Gasteiger partial charge in [-0.15, -0.1) is 12.4 Å². The van der Waals surface area contributed by atoms with Crippen LogP contribution < -0.4 is 10.1 Å². The number of hydrogen-bond donors (Lipinski definition) is 1. The molecule has 0 aliphatic carbocycles. The zero-order valence-electron chi connectivity index (χ0n) is 19.0. The van der Waals surface area contributed by atoms with Crippen LogP contribution in [-0.2, 0) is 22.6 Å². The van der Waals surface area contributed by atoms with Crippen molar-refractivity contribution in [2.45, 2.75) is 52.8 Å². The van der Waals surface area contributed by atoms with Crippen molar-refractivity contribution in [3.05, 3.63) is 71.6 Å². The Bertz CT molecular complexity index is 971. The normalized spacial score (nSPS) is 11.7. The lowest BCUT2D eigenvalue weighted by atomic mass is 10.1. The Kier molecular flexibility index (Phi) is 9.75. The molecule has 0 spiro atoms. The quantitative estimate of drug-likeness (QED) is 0.425. The van der Waals surface area contributed by atoms with Gasteiger partial charge in [0.2, 0.25) is 5.89 Å². The molecule has 0 saturated heterocycles. The first kappa shape index (κ1) is 25.4. The summed E-state index contributed by atoms with van der Waals surface area (Å²) in [5, 5.41) is 3.27. The number of oxazole rings is 1. The van der Waals surface area contributed by atoms with E-state index in [1.54, 1.807) is 0 Å². The van der Waals surface area contributed by atoms with Crippen molar-refractivity contribution in [3.63, 3.8) is 0 Å². The van der Waals surface area contributed by atoms with Crippen LogP contribution in [0.5, 0.6) is 5.75 Å². The third-order valence-corrected chi connectivity index (χ3v) is 4.76. The molecule has 172 valence electrons. The molecule has 1 atom stereocenters. The molecule has 2 aromatic carbocycles. The Labute approximate surface area is 195 Å². The third-order valence-electron chi connectivity index (χ3n) is 4.76. The van der Waals surface area contributed by atoms with Gasteiger partial charge in [-0.2, -0.15) is 0 Å². The van der Waals surface area contributed by atoms with Crippen molar-refractivity contribution in [2.24, 2.45) is 0 Å². The zero-order valence-corrected chi connectivity index (χ0v) is 19.8. The molecule has 0 aliphatic heterocycles. The molecule has 6 nitrogen and oxygen atoms in total. The van der Waals surface area contributed by atoms with Crippen LogP contribution in [0.3, 0.4) is 0 Å². The van der Waals surface area contributed by atoms with E-state index in [1.165, 1.54) is 0 Å². The van der Waals surface area contributed by atoms with Crippen molar-refractivity contribution in [3.8, 4) is 17.2 Å². The minimum Gasteiger partial charge on any atom is -0.487 e. The fraction of sp³-hybridized carbons (Fsp3) is 0.360. The largest absolute Gasteiger partial charge is 0.487 e. The average molecular weight is 459 g/mol. The van der Waals surface area contributed by atoms with Crippen molar-refractivity contribution in [2.75, 3.05) is 6.61 Å². The predicted octanol–water partition coefficient (Wildman–Crippen LogP) is 5.12. The van der Waals surface area contributed by atoms with Crippen LogP contribution in [0.2, 0.25) is 0 Å². The van der Waals surface area contributed by atoms with E-state index < -0.39 is 0 Å². The van der Waals surface area contributed by atoms with Crippen LogP contribution >= 0.6 is 12.4 Å². The van der Waals surface area contributed by atoms with Gasteiger partial charge < -0.3 is 19.2 Å². The second kappa shape index (κ2) is 12.3. The SMILES string of the molecule is CCOC(=O)[C@H](Cc1ccc(OCc2nc(-c3ccccc3)oc2C)cc1)NC(C)C.Cl. The van der Waals surface area contributed by atoms with Gasteiger partial charge >= 0.3 is 5.97 Å². The third kappa shape index (κ3) is 7.11. The van der Waals surface area contributed by atoms with Crippen LogP contribution in [0.4, 0.5) is 0 Å². The van der Waals surface area contributed by atoms with E-state index in [-0.39, 0.29) is 30.5 Å². The summed E-state index contributed by atoms with van der Waals surface area (Å²) in [7, 11) is 0. The molecule has 0 aliphatic rings. The molecule has 1 aromatic heterocycles. The maximum Gasteiger partial charge on any atom is 0.323 e. The van der Waals surface area contributed by atoms with E-state index in [2.05, 4.69) is 10.3 Å². The number of halogens is 1. The summed E-state index contributed by atoms with van der Waals surface area (Å²) in [6.07, 6.45) is 0.556. The lowest BCUT2D eigenvalue weighted by Crippen LogP contribution is -2.43. The lowest BCUT2D eigenvalue weighted by molar-refractivity contribution is -0.145. The molecule has 0 unspecified atom stereocenters. The summed E-state index contributed by atoms with van der Waals surface area (Å²) < 4.78 is 16.9. The zero-order chi connectivity index (χ0) is 22.2. The van der Waals surface area contributed by atoms with Crippen molar-refractivity contribution in [1.29, 1.82) is 0 Å². The Morgan fingerprint density at radius 3 is 2.41 bits per heavy atom. The molecule has 3 rings (SSSR count). The van der Waals surface area contributed by atoms with Gasteiger partial charge in [0.1, 0.15) is 29.9 Å². The van der Waals surface area contributed by atoms with E-state index in [4.69, 9.17) is 13.9 Å². The van der Waals surface area contributed by atoms with Crippen LogP contribution in [0.1, 0.15) is 37.8 Å². The lowest BCUT2D eigenvalue weighted by Gasteiger charge is -2.20. The highest BCUT2D eigenvalue weighted by Gasteiger charge is 2.21. The second-order valence-electron chi connectivity index (χ2n) is 7.65. The molecule has 0 radical (unpaired) electrons. The van der Waals surface area contributed by atoms with E-state index in [0.717, 1.165) is 28.3 Å². The minimum absolute atomic E-state index is 0. The fourth-order valence-corrected chi connectivity index (χ4v) is 3.23. The molecule has 0 fully saturated rings. The first-order valence-electron chi connectivity index (χ1n) is 10.6. The summed E-state index contributed by atoms with van der Waals surface area (Å²) in [5.41, 5.74) is 2.74. The first-order chi connectivity index (χ1) is 15.0. The van der Waals surface area contributed by atoms with Gasteiger partial charge in [-0.3, -0.25) is 4.79 Å². The molecule has 7 heteroatoms. The van der Waals surface area contributed by atoms with Gasteiger partial charge in [0.15, 0.2) is 0 Å². The van der Waals surface area contributed by atoms with Crippen molar-refractivity contribution >= 4 is 18.4 Å². The number of ether oxygens (including phenoxy) is 2. The number of aromatic nitrogens is 1. The first-order valence-corrected chi connectivity index (χ1v) is 10.6. The topological polar surface area (TPSA) is 73.6 Å². The molecular formula is C25H31ClN2O4. The van der Waals surface area contributed by atoms with Crippen molar-refractivity contribution in [1.82, 2.24) is 10.3 Å². The number of benzene rings is 2. The van der Waals surface area contributed by atoms with Gasteiger partial charge in [0, 0.05) is 11.6 Å². The van der Waals surface area contributed by atoms with E-state index in [1.807, 2.05) is 82.3 Å². The molecule has 0 saturated carbocycles. The average Bonchev–Trinajstić information content (AvgIpc) is 3.14. The maximum atomic E-state index is 12.2. The fourth-order valence-electron chi connectivity index (χ4n) is 3.23. The summed E-state index contributed by atoms with van der Waals surface area (Å²) in [6, 6.07) is 17.3. The van der Waals surface area contributed by atoms with E-state index in [0.29, 0.717) is 25.5 Å². The summed E-state index contributed by atoms with van der Waals surface area (Å²) in [6.45, 7) is 8.42. The second-order valence-corrected chi connectivity index (χ2v) is 7.65. The molecule has 32 heavy (non-hydrogen) atoms. The highest BCUT2D eigenvalue weighted by Crippen LogP contribution is 2.23. The number of hydrogen-bond acceptors (Lipinski definition) is 6. The summed E-state index contributed by atoms with van der Waals surface area (Å²) in [5.74, 6) is 1.84. The van der Waals surface area contributed by atoms with Gasteiger partial charge in [0.05, 0.1) is 6.61 Å². The predicted molar refractivity (Wildman–Crippen MR) is 127 cm³/mol. The molecule has 0 bridgehead atoms. The summed E-state index contributed by atoms with van der Waals surface area (Å²) >= 11 is 0. The smallest absolute Gasteiger partial charge is 0.323 e. The Hall–Kier alpha value is -2.83. The van der Waals surface area contributed by atoms with E-state index >= 15 is 0 Å². The number of esters is 1. The number of nitrogens with zero attached hydrogens (tertiary/aromatic N) is 1. The van der Waals surface area contributed by atoms with Crippen LogP contribution in [0, 0.1) is 6.92 Å². The standard InChI is InChI=1S/C25H30N2O4.ClH/c1-5-29-25(28)22(26-17(2)3)15-19-11-13-21(14-12-19)30-16-23-18(4)31-24(27-23)20-9-7-6-8-10-20;/h6-14,17,22,26H,5,15-16H2,1-4H3;1H/t22-;/m0./s1. The highest BCUT2D eigenvalue weighted by molar-refractivity contribution is 5.85.